The molecule has 6 heteroatoms. The highest BCUT2D eigenvalue weighted by Gasteiger charge is 2.56. The molecule has 0 aliphatic carbocycles. The van der Waals surface area contributed by atoms with Gasteiger partial charge in [-0.25, -0.2) is 0 Å². The van der Waals surface area contributed by atoms with E-state index in [-0.39, 0.29) is 6.42 Å². The molecule has 0 unspecified atom stereocenters. The number of unbranched alkanes of at least 4 members (excludes halogenated alkanes) is 1. The summed E-state index contributed by atoms with van der Waals surface area (Å²) < 4.78 is 58.3. The summed E-state index contributed by atoms with van der Waals surface area (Å²) in [5.74, 6) is -4.67. The molecule has 0 aliphatic heterocycles. The van der Waals surface area contributed by atoms with Gasteiger partial charge in [-0.1, -0.05) is 0 Å². The van der Waals surface area contributed by atoms with Crippen LogP contribution < -0.4 is 0 Å². The van der Waals surface area contributed by atoms with Crippen molar-refractivity contribution in [1.29, 1.82) is 0 Å². The zero-order valence-electron chi connectivity index (χ0n) is 6.00. The van der Waals surface area contributed by atoms with Gasteiger partial charge in [-0.15, -0.1) is 0 Å². The molecular formula is C6H7F5O. The highest BCUT2D eigenvalue weighted by Crippen LogP contribution is 2.38. The number of hydrogen-bond donors (Lipinski definition) is 0. The normalized spacial score (nSPS) is 13.1. The van der Waals surface area contributed by atoms with Gasteiger partial charge in [0, 0.05) is 12.8 Å². The first-order valence-corrected chi connectivity index (χ1v) is 3.19. The number of carbonyl (C=O) groups is 1. The Hall–Kier alpha value is -0.680. The highest BCUT2D eigenvalue weighted by atomic mass is 19.4. The molecule has 0 saturated heterocycles. The van der Waals surface area contributed by atoms with Crippen molar-refractivity contribution in [2.75, 3.05) is 0 Å². The van der Waals surface area contributed by atoms with Gasteiger partial charge in [0.2, 0.25) is 0 Å². The van der Waals surface area contributed by atoms with E-state index in [0.717, 1.165) is 0 Å². The molecule has 0 aromatic rings. The lowest BCUT2D eigenvalue weighted by atomic mass is 10.1. The molecule has 1 nitrogen and oxygen atoms in total. The van der Waals surface area contributed by atoms with Crippen molar-refractivity contribution in [3.8, 4) is 0 Å². The van der Waals surface area contributed by atoms with E-state index in [0.29, 0.717) is 6.29 Å². The smallest absolute Gasteiger partial charge is 0.303 e. The second-order valence-corrected chi connectivity index (χ2v) is 2.26. The Bertz CT molecular complexity index is 151. The van der Waals surface area contributed by atoms with Crippen LogP contribution in [0, 0.1) is 0 Å². The molecule has 0 heterocycles. The Balaban J connectivity index is 3.95. The molecule has 0 aromatic heterocycles. The summed E-state index contributed by atoms with van der Waals surface area (Å²) in [6.45, 7) is 0. The van der Waals surface area contributed by atoms with E-state index in [2.05, 4.69) is 0 Å². The van der Waals surface area contributed by atoms with Crippen LogP contribution in [0.25, 0.3) is 0 Å². The average molecular weight is 190 g/mol. The predicted molar refractivity (Wildman–Crippen MR) is 30.9 cm³/mol. The molecule has 0 spiro atoms. The zero-order valence-corrected chi connectivity index (χ0v) is 6.00. The fraction of sp³-hybridized carbons (Fsp3) is 0.833. The maximum atomic E-state index is 12.0. The van der Waals surface area contributed by atoms with Crippen molar-refractivity contribution >= 4 is 6.29 Å². The molecule has 72 valence electrons. The third kappa shape index (κ3) is 3.15. The molecule has 0 saturated carbocycles. The number of rotatable bonds is 4. The topological polar surface area (TPSA) is 17.1 Å². The van der Waals surface area contributed by atoms with Crippen LogP contribution in [0.3, 0.4) is 0 Å². The second kappa shape index (κ2) is 3.82. The van der Waals surface area contributed by atoms with E-state index in [1.165, 1.54) is 0 Å². The minimum atomic E-state index is -5.50. The average Bonchev–Trinajstić information content (AvgIpc) is 1.85. The molecule has 0 radical (unpaired) electrons. The molecule has 0 rings (SSSR count). The number of hydrogen-bond acceptors (Lipinski definition) is 1. The highest BCUT2D eigenvalue weighted by molar-refractivity contribution is 5.48. The monoisotopic (exact) mass is 190 g/mol. The lowest BCUT2D eigenvalue weighted by Crippen LogP contribution is -2.36. The van der Waals surface area contributed by atoms with Crippen LogP contribution in [-0.4, -0.2) is 18.4 Å². The Morgan fingerprint density at radius 2 is 1.58 bits per heavy atom. The van der Waals surface area contributed by atoms with Crippen LogP contribution in [0.4, 0.5) is 22.0 Å². The molecule has 0 amide bonds. The fourth-order valence-corrected chi connectivity index (χ4v) is 0.549. The summed E-state index contributed by atoms with van der Waals surface area (Å²) in [4.78, 5) is 9.61. The largest absolute Gasteiger partial charge is 0.453 e. The van der Waals surface area contributed by atoms with E-state index >= 15 is 0 Å². The first-order chi connectivity index (χ1) is 5.31. The fourth-order valence-electron chi connectivity index (χ4n) is 0.549. The maximum Gasteiger partial charge on any atom is 0.453 e. The van der Waals surface area contributed by atoms with Gasteiger partial charge in [-0.2, -0.15) is 22.0 Å². The lowest BCUT2D eigenvalue weighted by Gasteiger charge is -2.18. The van der Waals surface area contributed by atoms with Gasteiger partial charge in [0.05, 0.1) is 0 Å². The standard InChI is InChI=1S/C6H7F5O/c7-5(8,6(9,10)11)3-1-2-4-12/h4H,1-3H2. The Morgan fingerprint density at radius 1 is 1.08 bits per heavy atom. The Morgan fingerprint density at radius 3 is 1.92 bits per heavy atom. The molecule has 0 N–H and O–H groups in total. The van der Waals surface area contributed by atoms with Crippen molar-refractivity contribution < 1.29 is 26.7 Å². The number of alkyl halides is 5. The molecule has 12 heavy (non-hydrogen) atoms. The second-order valence-electron chi connectivity index (χ2n) is 2.26. The summed E-state index contributed by atoms with van der Waals surface area (Å²) in [6, 6.07) is 0. The van der Waals surface area contributed by atoms with E-state index in [9.17, 15) is 26.7 Å². The van der Waals surface area contributed by atoms with E-state index in [1.807, 2.05) is 0 Å². The van der Waals surface area contributed by atoms with Crippen LogP contribution in [0.15, 0.2) is 0 Å². The summed E-state index contributed by atoms with van der Waals surface area (Å²) >= 11 is 0. The number of carbonyl (C=O) groups excluding carboxylic acids is 1. The summed E-state index contributed by atoms with van der Waals surface area (Å²) in [5.41, 5.74) is 0. The van der Waals surface area contributed by atoms with Gasteiger partial charge in [0.25, 0.3) is 0 Å². The van der Waals surface area contributed by atoms with Gasteiger partial charge < -0.3 is 4.79 Å². The van der Waals surface area contributed by atoms with Gasteiger partial charge in [-0.05, 0) is 6.42 Å². The molecular weight excluding hydrogens is 183 g/mol. The minimum Gasteiger partial charge on any atom is -0.303 e. The van der Waals surface area contributed by atoms with Crippen molar-refractivity contribution in [1.82, 2.24) is 0 Å². The summed E-state index contributed by atoms with van der Waals surface area (Å²) in [5, 5.41) is 0. The van der Waals surface area contributed by atoms with Crippen molar-refractivity contribution in [3.05, 3.63) is 0 Å². The lowest BCUT2D eigenvalue weighted by molar-refractivity contribution is -0.284. The molecule has 0 aliphatic rings. The third-order valence-electron chi connectivity index (χ3n) is 1.23. The first-order valence-electron chi connectivity index (χ1n) is 3.19. The number of aldehydes is 1. The third-order valence-corrected chi connectivity index (χ3v) is 1.23. The summed E-state index contributed by atoms with van der Waals surface area (Å²) in [7, 11) is 0. The minimum absolute atomic E-state index is 0.272. The quantitative estimate of drug-likeness (QED) is 0.378. The van der Waals surface area contributed by atoms with Crippen molar-refractivity contribution in [2.45, 2.75) is 31.4 Å². The molecule has 0 fully saturated rings. The van der Waals surface area contributed by atoms with Crippen LogP contribution in [-0.2, 0) is 4.79 Å². The van der Waals surface area contributed by atoms with E-state index in [4.69, 9.17) is 0 Å². The van der Waals surface area contributed by atoms with Crippen LogP contribution >= 0.6 is 0 Å². The zero-order chi connectivity index (χ0) is 9.83. The van der Waals surface area contributed by atoms with Crippen molar-refractivity contribution in [2.24, 2.45) is 0 Å². The molecule has 0 bridgehead atoms. The Labute approximate surface area is 65.6 Å². The van der Waals surface area contributed by atoms with Gasteiger partial charge in [0.1, 0.15) is 6.29 Å². The van der Waals surface area contributed by atoms with Gasteiger partial charge >= 0.3 is 12.1 Å². The van der Waals surface area contributed by atoms with Crippen LogP contribution in [0.2, 0.25) is 0 Å². The van der Waals surface area contributed by atoms with E-state index < -0.39 is 24.9 Å². The predicted octanol–water partition coefficient (Wildman–Crippen LogP) is 2.55. The van der Waals surface area contributed by atoms with Gasteiger partial charge in [-0.3, -0.25) is 0 Å². The SMILES string of the molecule is O=CCCCC(F)(F)C(F)(F)F. The number of halogens is 5. The maximum absolute atomic E-state index is 12.0. The van der Waals surface area contributed by atoms with Gasteiger partial charge in [0.15, 0.2) is 0 Å². The van der Waals surface area contributed by atoms with Crippen molar-refractivity contribution in [3.63, 3.8) is 0 Å². The molecule has 0 aromatic carbocycles. The summed E-state index contributed by atoms with van der Waals surface area (Å²) in [6.07, 6.45) is -7.24. The Kier molecular flexibility index (Phi) is 3.60. The first kappa shape index (κ1) is 11.3. The van der Waals surface area contributed by atoms with E-state index in [1.54, 1.807) is 0 Å². The molecule has 0 atom stereocenters. The van der Waals surface area contributed by atoms with Crippen LogP contribution in [0.5, 0.6) is 0 Å². The van der Waals surface area contributed by atoms with Crippen LogP contribution in [0.1, 0.15) is 19.3 Å².